The molecule has 0 saturated carbocycles. The number of amides is 1. The summed E-state index contributed by atoms with van der Waals surface area (Å²) in [7, 11) is 0. The second-order valence-electron chi connectivity index (χ2n) is 6.77. The zero-order valence-electron chi connectivity index (χ0n) is 14.9. The van der Waals surface area contributed by atoms with E-state index in [2.05, 4.69) is 10.3 Å². The molecule has 0 fully saturated rings. The van der Waals surface area contributed by atoms with Crippen LogP contribution in [0.4, 0.5) is 10.5 Å². The highest BCUT2D eigenvalue weighted by atomic mass is 35.5. The van der Waals surface area contributed by atoms with Crippen molar-refractivity contribution < 1.29 is 14.5 Å². The third-order valence-electron chi connectivity index (χ3n) is 3.45. The van der Waals surface area contributed by atoms with Crippen molar-refractivity contribution in [2.24, 2.45) is 0 Å². The number of aromatic nitrogens is 1. The highest BCUT2D eigenvalue weighted by molar-refractivity contribution is 6.33. The Kier molecular flexibility index (Phi) is 5.82. The third kappa shape index (κ3) is 5.16. The molecule has 0 spiro atoms. The zero-order valence-corrected chi connectivity index (χ0v) is 15.7. The lowest BCUT2D eigenvalue weighted by molar-refractivity contribution is -0.385. The lowest BCUT2D eigenvalue weighted by Crippen LogP contribution is -2.34. The third-order valence-corrected chi connectivity index (χ3v) is 3.74. The largest absolute Gasteiger partial charge is 0.444 e. The number of nitrogens with zero attached hydrogens (tertiary/aromatic N) is 2. The number of benzene rings is 1. The molecular weight excluding hydrogens is 358 g/mol. The summed E-state index contributed by atoms with van der Waals surface area (Å²) in [6.07, 6.45) is 0.677. The molecular formula is C18H20ClN3O4. The maximum absolute atomic E-state index is 11.8. The minimum Gasteiger partial charge on any atom is -0.444 e. The van der Waals surface area contributed by atoms with Gasteiger partial charge in [0.2, 0.25) is 0 Å². The minimum atomic E-state index is -0.563. The van der Waals surface area contributed by atoms with Crippen LogP contribution in [0.2, 0.25) is 5.02 Å². The van der Waals surface area contributed by atoms with E-state index in [9.17, 15) is 14.9 Å². The standard InChI is InChI=1S/C18H20ClN3O4/c1-11(21-17(23)26-18(2,3)4)12-5-7-13(8-6-12)16-15(19)9-14(10-20-16)22(24)25/h5-11H,1-4H3,(H,21,23)/t11-/m0/s1. The van der Waals surface area contributed by atoms with Gasteiger partial charge in [-0.05, 0) is 33.3 Å². The van der Waals surface area contributed by atoms with Crippen molar-refractivity contribution in [3.8, 4) is 11.3 Å². The number of pyridine rings is 1. The van der Waals surface area contributed by atoms with E-state index in [-0.39, 0.29) is 16.8 Å². The maximum atomic E-state index is 11.8. The van der Waals surface area contributed by atoms with Crippen LogP contribution in [0.3, 0.4) is 0 Å². The molecule has 2 rings (SSSR count). The number of hydrogen-bond donors (Lipinski definition) is 1. The summed E-state index contributed by atoms with van der Waals surface area (Å²) in [5.41, 5.74) is 1.32. The van der Waals surface area contributed by atoms with Crippen LogP contribution in [0.15, 0.2) is 36.5 Å². The van der Waals surface area contributed by atoms with Crippen molar-refractivity contribution in [3.05, 3.63) is 57.2 Å². The van der Waals surface area contributed by atoms with Crippen molar-refractivity contribution in [1.82, 2.24) is 10.3 Å². The molecule has 0 aliphatic heterocycles. The molecule has 8 heteroatoms. The maximum Gasteiger partial charge on any atom is 0.408 e. The first kappa shape index (κ1) is 19.7. The first-order valence-electron chi connectivity index (χ1n) is 7.96. The summed E-state index contributed by atoms with van der Waals surface area (Å²) in [6, 6.07) is 8.27. The molecule has 1 aromatic carbocycles. The Balaban J connectivity index is 2.13. The molecule has 26 heavy (non-hydrogen) atoms. The Bertz CT molecular complexity index is 816. The lowest BCUT2D eigenvalue weighted by atomic mass is 10.0. The smallest absolute Gasteiger partial charge is 0.408 e. The quantitative estimate of drug-likeness (QED) is 0.604. The molecule has 2 aromatic rings. The first-order valence-corrected chi connectivity index (χ1v) is 8.34. The Labute approximate surface area is 156 Å². The SMILES string of the molecule is C[C@H](NC(=O)OC(C)(C)C)c1ccc(-c2ncc([N+](=O)[O-])cc2Cl)cc1. The van der Waals surface area contributed by atoms with Crippen LogP contribution in [-0.4, -0.2) is 21.6 Å². The van der Waals surface area contributed by atoms with E-state index >= 15 is 0 Å². The van der Waals surface area contributed by atoms with Crippen LogP contribution in [0.1, 0.15) is 39.3 Å². The van der Waals surface area contributed by atoms with Gasteiger partial charge in [0, 0.05) is 11.6 Å². The van der Waals surface area contributed by atoms with Gasteiger partial charge in [0.25, 0.3) is 5.69 Å². The molecule has 0 unspecified atom stereocenters. The van der Waals surface area contributed by atoms with Gasteiger partial charge >= 0.3 is 6.09 Å². The van der Waals surface area contributed by atoms with E-state index < -0.39 is 16.6 Å². The predicted octanol–water partition coefficient (Wildman–Crippen LogP) is 4.90. The minimum absolute atomic E-state index is 0.162. The number of alkyl carbamates (subject to hydrolysis) is 1. The molecule has 1 amide bonds. The molecule has 1 atom stereocenters. The van der Waals surface area contributed by atoms with Crippen LogP contribution >= 0.6 is 11.6 Å². The summed E-state index contributed by atoms with van der Waals surface area (Å²) in [4.78, 5) is 26.1. The van der Waals surface area contributed by atoms with Gasteiger partial charge in [-0.2, -0.15) is 0 Å². The second kappa shape index (κ2) is 7.70. The highest BCUT2D eigenvalue weighted by Crippen LogP contribution is 2.29. The van der Waals surface area contributed by atoms with Crippen LogP contribution in [0.5, 0.6) is 0 Å². The number of nitro groups is 1. The summed E-state index contributed by atoms with van der Waals surface area (Å²) >= 11 is 6.10. The van der Waals surface area contributed by atoms with Gasteiger partial charge in [0.05, 0.1) is 21.7 Å². The second-order valence-corrected chi connectivity index (χ2v) is 7.18. The van der Waals surface area contributed by atoms with Crippen molar-refractivity contribution in [2.45, 2.75) is 39.3 Å². The van der Waals surface area contributed by atoms with Gasteiger partial charge in [-0.3, -0.25) is 10.1 Å². The zero-order chi connectivity index (χ0) is 19.5. The number of carbonyl (C=O) groups excluding carboxylic acids is 1. The monoisotopic (exact) mass is 377 g/mol. The molecule has 1 aromatic heterocycles. The molecule has 0 bridgehead atoms. The van der Waals surface area contributed by atoms with Gasteiger partial charge in [0.1, 0.15) is 11.8 Å². The highest BCUT2D eigenvalue weighted by Gasteiger charge is 2.18. The van der Waals surface area contributed by atoms with E-state index in [1.165, 1.54) is 12.3 Å². The Morgan fingerprint density at radius 1 is 1.31 bits per heavy atom. The summed E-state index contributed by atoms with van der Waals surface area (Å²) in [5, 5.41) is 13.7. The normalized spacial score (nSPS) is 12.3. The van der Waals surface area contributed by atoms with Gasteiger partial charge in [-0.25, -0.2) is 9.78 Å². The van der Waals surface area contributed by atoms with Crippen LogP contribution in [-0.2, 0) is 4.74 Å². The average molecular weight is 378 g/mol. The number of carbonyl (C=O) groups is 1. The fraction of sp³-hybridized carbons (Fsp3) is 0.333. The van der Waals surface area contributed by atoms with E-state index in [4.69, 9.17) is 16.3 Å². The van der Waals surface area contributed by atoms with E-state index in [1.807, 2.05) is 19.1 Å². The molecule has 0 radical (unpaired) electrons. The fourth-order valence-electron chi connectivity index (χ4n) is 2.24. The Hall–Kier alpha value is -2.67. The molecule has 0 aliphatic rings. The number of halogens is 1. The number of ether oxygens (including phenoxy) is 1. The van der Waals surface area contributed by atoms with Crippen molar-refractivity contribution in [1.29, 1.82) is 0 Å². The number of nitrogens with one attached hydrogen (secondary N) is 1. The van der Waals surface area contributed by atoms with Crippen LogP contribution < -0.4 is 5.32 Å². The molecule has 0 saturated heterocycles. The molecule has 0 aliphatic carbocycles. The molecule has 138 valence electrons. The summed E-state index contributed by atoms with van der Waals surface area (Å²) in [5.74, 6) is 0. The number of hydrogen-bond acceptors (Lipinski definition) is 5. The van der Waals surface area contributed by atoms with E-state index in [0.29, 0.717) is 5.69 Å². The van der Waals surface area contributed by atoms with Crippen LogP contribution in [0.25, 0.3) is 11.3 Å². The van der Waals surface area contributed by atoms with Gasteiger partial charge < -0.3 is 10.1 Å². The topological polar surface area (TPSA) is 94.4 Å². The predicted molar refractivity (Wildman–Crippen MR) is 99.1 cm³/mol. The molecule has 1 heterocycles. The first-order chi connectivity index (χ1) is 12.1. The summed E-state index contributed by atoms with van der Waals surface area (Å²) < 4.78 is 5.24. The molecule has 7 nitrogen and oxygen atoms in total. The van der Waals surface area contributed by atoms with Crippen molar-refractivity contribution in [2.75, 3.05) is 0 Å². The molecule has 1 N–H and O–H groups in total. The fourth-order valence-corrected chi connectivity index (χ4v) is 2.51. The average Bonchev–Trinajstić information content (AvgIpc) is 2.53. The van der Waals surface area contributed by atoms with Crippen LogP contribution in [0, 0.1) is 10.1 Å². The Morgan fingerprint density at radius 2 is 1.92 bits per heavy atom. The van der Waals surface area contributed by atoms with Crippen molar-refractivity contribution in [3.63, 3.8) is 0 Å². The van der Waals surface area contributed by atoms with E-state index in [0.717, 1.165) is 11.1 Å². The van der Waals surface area contributed by atoms with Gasteiger partial charge in [-0.15, -0.1) is 0 Å². The number of rotatable bonds is 4. The van der Waals surface area contributed by atoms with E-state index in [1.54, 1.807) is 32.9 Å². The van der Waals surface area contributed by atoms with Gasteiger partial charge in [0.15, 0.2) is 0 Å². The van der Waals surface area contributed by atoms with Crippen molar-refractivity contribution >= 4 is 23.4 Å². The Morgan fingerprint density at radius 3 is 2.42 bits per heavy atom. The van der Waals surface area contributed by atoms with Gasteiger partial charge in [-0.1, -0.05) is 35.9 Å². The summed E-state index contributed by atoms with van der Waals surface area (Å²) in [6.45, 7) is 7.24. The lowest BCUT2D eigenvalue weighted by Gasteiger charge is -2.22.